The van der Waals surface area contributed by atoms with Crippen LogP contribution in [0.15, 0.2) is 25.3 Å². The predicted molar refractivity (Wildman–Crippen MR) is 41.6 cm³/mol. The molecule has 0 unspecified atom stereocenters. The molecule has 2 nitrogen and oxygen atoms in total. The first-order chi connectivity index (χ1) is 4.70. The highest BCUT2D eigenvalue weighted by Gasteiger charge is 2.01. The Balaban J connectivity index is 3.34. The van der Waals surface area contributed by atoms with Gasteiger partial charge in [0.2, 0.25) is 0 Å². The summed E-state index contributed by atoms with van der Waals surface area (Å²) in [6.45, 7) is 6.81. The minimum atomic E-state index is -0.505. The van der Waals surface area contributed by atoms with Gasteiger partial charge in [-0.2, -0.15) is 0 Å². The molecule has 0 amide bonds. The van der Waals surface area contributed by atoms with Crippen LogP contribution < -0.4 is 0 Å². The van der Waals surface area contributed by atoms with E-state index in [2.05, 4.69) is 13.2 Å². The molecule has 0 aliphatic carbocycles. The molecular formula is C8H14O2. The second-order valence-corrected chi connectivity index (χ2v) is 2.18. The fourth-order valence-electron chi connectivity index (χ4n) is 0.577. The Kier molecular flexibility index (Phi) is 4.89. The van der Waals surface area contributed by atoms with Gasteiger partial charge in [0, 0.05) is 0 Å². The van der Waals surface area contributed by atoms with E-state index in [1.54, 1.807) is 0 Å². The first-order valence-electron chi connectivity index (χ1n) is 3.32. The van der Waals surface area contributed by atoms with Crippen LogP contribution in [0.2, 0.25) is 0 Å². The fourth-order valence-corrected chi connectivity index (χ4v) is 0.577. The zero-order chi connectivity index (χ0) is 7.98. The lowest BCUT2D eigenvalue weighted by atomic mass is 10.1. The van der Waals surface area contributed by atoms with E-state index in [0.29, 0.717) is 12.8 Å². The molecule has 58 valence electrons. The van der Waals surface area contributed by atoms with Gasteiger partial charge in [-0.3, -0.25) is 0 Å². The zero-order valence-electron chi connectivity index (χ0n) is 6.03. The Labute approximate surface area is 61.5 Å². The van der Waals surface area contributed by atoms with Gasteiger partial charge in [-0.1, -0.05) is 12.2 Å². The maximum Gasteiger partial charge on any atom is 0.0719 e. The molecule has 0 aromatic heterocycles. The highest BCUT2D eigenvalue weighted by Crippen LogP contribution is 2.02. The quantitative estimate of drug-likeness (QED) is 0.559. The Hall–Kier alpha value is -0.600. The van der Waals surface area contributed by atoms with Crippen LogP contribution in [0.1, 0.15) is 12.8 Å². The van der Waals surface area contributed by atoms with Gasteiger partial charge in [-0.05, 0) is 12.8 Å². The molecule has 0 aliphatic heterocycles. The number of aliphatic hydroxyl groups excluding tert-OH is 2. The first-order valence-corrected chi connectivity index (χ1v) is 3.32. The molecule has 0 bridgehead atoms. The van der Waals surface area contributed by atoms with Crippen molar-refractivity contribution in [1.29, 1.82) is 0 Å². The van der Waals surface area contributed by atoms with Crippen LogP contribution in [-0.2, 0) is 0 Å². The molecule has 0 saturated heterocycles. The summed E-state index contributed by atoms with van der Waals surface area (Å²) in [5.74, 6) is 0. The molecule has 0 fully saturated rings. The smallest absolute Gasteiger partial charge is 0.0719 e. The Morgan fingerprint density at radius 3 is 1.50 bits per heavy atom. The molecule has 2 heteroatoms. The monoisotopic (exact) mass is 142 g/mol. The van der Waals surface area contributed by atoms with Crippen molar-refractivity contribution in [3.05, 3.63) is 25.3 Å². The van der Waals surface area contributed by atoms with E-state index < -0.39 is 12.2 Å². The summed E-state index contributed by atoms with van der Waals surface area (Å²) < 4.78 is 0. The number of hydrogen-bond donors (Lipinski definition) is 2. The van der Waals surface area contributed by atoms with Crippen LogP contribution in [0, 0.1) is 0 Å². The minimum absolute atomic E-state index is 0.505. The molecule has 0 rings (SSSR count). The fraction of sp³-hybridized carbons (Fsp3) is 0.500. The van der Waals surface area contributed by atoms with Crippen molar-refractivity contribution >= 4 is 0 Å². The molecule has 0 radical (unpaired) electrons. The SMILES string of the molecule is C=C[C@@H](O)CC[C@H](O)C=C. The summed E-state index contributed by atoms with van der Waals surface area (Å²) >= 11 is 0. The molecule has 0 heterocycles. The van der Waals surface area contributed by atoms with Crippen molar-refractivity contribution in [3.8, 4) is 0 Å². The van der Waals surface area contributed by atoms with Crippen LogP contribution >= 0.6 is 0 Å². The number of hydrogen-bond acceptors (Lipinski definition) is 2. The lowest BCUT2D eigenvalue weighted by Gasteiger charge is -2.06. The van der Waals surface area contributed by atoms with Gasteiger partial charge < -0.3 is 10.2 Å². The second kappa shape index (κ2) is 5.21. The summed E-state index contributed by atoms with van der Waals surface area (Å²) in [5.41, 5.74) is 0. The van der Waals surface area contributed by atoms with Gasteiger partial charge >= 0.3 is 0 Å². The van der Waals surface area contributed by atoms with Crippen molar-refractivity contribution in [2.24, 2.45) is 0 Å². The third-order valence-electron chi connectivity index (χ3n) is 1.30. The summed E-state index contributed by atoms with van der Waals surface area (Å²) in [4.78, 5) is 0. The van der Waals surface area contributed by atoms with E-state index in [1.165, 1.54) is 12.2 Å². The van der Waals surface area contributed by atoms with Gasteiger partial charge in [0.1, 0.15) is 0 Å². The zero-order valence-corrected chi connectivity index (χ0v) is 6.03. The van der Waals surface area contributed by atoms with Crippen molar-refractivity contribution in [1.82, 2.24) is 0 Å². The highest BCUT2D eigenvalue weighted by molar-refractivity contribution is 4.83. The second-order valence-electron chi connectivity index (χ2n) is 2.18. The van der Waals surface area contributed by atoms with Crippen molar-refractivity contribution < 1.29 is 10.2 Å². The maximum absolute atomic E-state index is 8.94. The molecular weight excluding hydrogens is 128 g/mol. The number of aliphatic hydroxyl groups is 2. The third kappa shape index (κ3) is 4.30. The Bertz CT molecular complexity index is 95.8. The highest BCUT2D eigenvalue weighted by atomic mass is 16.3. The molecule has 2 N–H and O–H groups in total. The van der Waals surface area contributed by atoms with Crippen LogP contribution in [0.4, 0.5) is 0 Å². The average Bonchev–Trinajstić information content (AvgIpc) is 1.99. The third-order valence-corrected chi connectivity index (χ3v) is 1.30. The van der Waals surface area contributed by atoms with Crippen LogP contribution in [0.5, 0.6) is 0 Å². The van der Waals surface area contributed by atoms with Gasteiger partial charge in [0.05, 0.1) is 12.2 Å². The topological polar surface area (TPSA) is 40.5 Å². The van der Waals surface area contributed by atoms with E-state index in [4.69, 9.17) is 10.2 Å². The minimum Gasteiger partial charge on any atom is -0.389 e. The summed E-state index contributed by atoms with van der Waals surface area (Å²) in [6, 6.07) is 0. The summed E-state index contributed by atoms with van der Waals surface area (Å²) in [7, 11) is 0. The molecule has 10 heavy (non-hydrogen) atoms. The van der Waals surface area contributed by atoms with Gasteiger partial charge in [0.25, 0.3) is 0 Å². The molecule has 0 spiro atoms. The molecule has 2 atom stereocenters. The average molecular weight is 142 g/mol. The normalized spacial score (nSPS) is 15.8. The maximum atomic E-state index is 8.94. The largest absolute Gasteiger partial charge is 0.389 e. The van der Waals surface area contributed by atoms with Gasteiger partial charge in [-0.25, -0.2) is 0 Å². The van der Waals surface area contributed by atoms with Crippen molar-refractivity contribution in [3.63, 3.8) is 0 Å². The standard InChI is InChI=1S/C8H14O2/c1-3-7(9)5-6-8(10)4-2/h3-4,7-10H,1-2,5-6H2/t7-,8-/m1/s1. The van der Waals surface area contributed by atoms with E-state index in [1.807, 2.05) is 0 Å². The Morgan fingerprint density at radius 1 is 1.00 bits per heavy atom. The molecule has 0 aromatic rings. The molecule has 0 saturated carbocycles. The van der Waals surface area contributed by atoms with E-state index in [9.17, 15) is 0 Å². The van der Waals surface area contributed by atoms with E-state index in [-0.39, 0.29) is 0 Å². The van der Waals surface area contributed by atoms with E-state index >= 15 is 0 Å². The lowest BCUT2D eigenvalue weighted by Crippen LogP contribution is -2.08. The van der Waals surface area contributed by atoms with Gasteiger partial charge in [0.15, 0.2) is 0 Å². The molecule has 0 aliphatic rings. The van der Waals surface area contributed by atoms with Crippen molar-refractivity contribution in [2.45, 2.75) is 25.0 Å². The number of rotatable bonds is 5. The molecule has 0 aromatic carbocycles. The van der Waals surface area contributed by atoms with Crippen LogP contribution in [0.3, 0.4) is 0 Å². The van der Waals surface area contributed by atoms with Gasteiger partial charge in [-0.15, -0.1) is 13.2 Å². The summed E-state index contributed by atoms with van der Waals surface area (Å²) in [6.07, 6.45) is 2.98. The predicted octanol–water partition coefficient (Wildman–Crippen LogP) is 0.860. The van der Waals surface area contributed by atoms with Crippen LogP contribution in [0.25, 0.3) is 0 Å². The first kappa shape index (κ1) is 9.40. The van der Waals surface area contributed by atoms with E-state index in [0.717, 1.165) is 0 Å². The lowest BCUT2D eigenvalue weighted by molar-refractivity contribution is 0.162. The van der Waals surface area contributed by atoms with Crippen LogP contribution in [-0.4, -0.2) is 22.4 Å². The van der Waals surface area contributed by atoms with Crippen molar-refractivity contribution in [2.75, 3.05) is 0 Å². The summed E-state index contributed by atoms with van der Waals surface area (Å²) in [5, 5.41) is 17.9. The Morgan fingerprint density at radius 2 is 1.30 bits per heavy atom.